The highest BCUT2D eigenvalue weighted by Gasteiger charge is 2.09. The number of amides is 1. The van der Waals surface area contributed by atoms with E-state index >= 15 is 0 Å². The van der Waals surface area contributed by atoms with Crippen LogP contribution in [0.5, 0.6) is 5.75 Å². The van der Waals surface area contributed by atoms with Gasteiger partial charge >= 0.3 is 0 Å². The highest BCUT2D eigenvalue weighted by Crippen LogP contribution is 2.21. The number of carbonyl (C=O) groups is 1. The number of anilines is 1. The average molecular weight is 236 g/mol. The van der Waals surface area contributed by atoms with E-state index in [1.54, 1.807) is 18.2 Å². The molecular weight excluding hydrogens is 216 g/mol. The molecule has 0 bridgehead atoms. The molecule has 0 heterocycles. The molecule has 1 amide bonds. The summed E-state index contributed by atoms with van der Waals surface area (Å²) in [5.74, 6) is 0.241. The van der Waals surface area contributed by atoms with Crippen molar-refractivity contribution in [3.63, 3.8) is 0 Å². The van der Waals surface area contributed by atoms with Crippen LogP contribution in [0.2, 0.25) is 0 Å². The second-order valence-corrected chi connectivity index (χ2v) is 3.96. The number of rotatable bonds is 5. The summed E-state index contributed by atoms with van der Waals surface area (Å²) in [4.78, 5) is 13.6. The Hall–Kier alpha value is -1.71. The molecule has 0 aliphatic rings. The Morgan fingerprint density at radius 1 is 1.35 bits per heavy atom. The standard InChI is InChI=1S/C13H20N2O2/c1-3-15(4-2)13(17)8-6-10-5-7-12(16)11(14)9-10/h5,7,9,16H,3-4,6,8,14H2,1-2H3. The third kappa shape index (κ3) is 3.66. The highest BCUT2D eigenvalue weighted by molar-refractivity contribution is 5.76. The topological polar surface area (TPSA) is 66.6 Å². The Bertz CT molecular complexity index is 387. The summed E-state index contributed by atoms with van der Waals surface area (Å²) in [5, 5.41) is 9.29. The van der Waals surface area contributed by atoms with Crippen molar-refractivity contribution in [1.29, 1.82) is 0 Å². The number of aromatic hydroxyl groups is 1. The number of hydrogen-bond acceptors (Lipinski definition) is 3. The minimum absolute atomic E-state index is 0.0869. The Morgan fingerprint density at radius 2 is 2.00 bits per heavy atom. The number of nitrogens with zero attached hydrogens (tertiary/aromatic N) is 1. The lowest BCUT2D eigenvalue weighted by Gasteiger charge is -2.18. The smallest absolute Gasteiger partial charge is 0.222 e. The van der Waals surface area contributed by atoms with Gasteiger partial charge < -0.3 is 15.7 Å². The Labute approximate surface area is 102 Å². The molecule has 1 aromatic rings. The lowest BCUT2D eigenvalue weighted by Crippen LogP contribution is -2.30. The van der Waals surface area contributed by atoms with E-state index in [1.165, 1.54) is 0 Å². The molecule has 1 rings (SSSR count). The number of phenols is 1. The van der Waals surface area contributed by atoms with Crippen LogP contribution in [0.4, 0.5) is 5.69 Å². The van der Waals surface area contributed by atoms with Crippen molar-refractivity contribution < 1.29 is 9.90 Å². The quantitative estimate of drug-likeness (QED) is 0.605. The van der Waals surface area contributed by atoms with Crippen LogP contribution in [0.3, 0.4) is 0 Å². The van der Waals surface area contributed by atoms with Crippen LogP contribution in [-0.2, 0) is 11.2 Å². The minimum atomic E-state index is 0.0869. The second kappa shape index (κ2) is 6.13. The molecule has 0 spiro atoms. The zero-order valence-corrected chi connectivity index (χ0v) is 10.4. The molecule has 3 N–H and O–H groups in total. The maximum atomic E-state index is 11.8. The van der Waals surface area contributed by atoms with Crippen molar-refractivity contribution in [3.8, 4) is 5.75 Å². The molecule has 0 radical (unpaired) electrons. The van der Waals surface area contributed by atoms with Crippen LogP contribution in [0.15, 0.2) is 18.2 Å². The van der Waals surface area contributed by atoms with Crippen LogP contribution in [0.1, 0.15) is 25.8 Å². The Morgan fingerprint density at radius 3 is 2.53 bits per heavy atom. The number of carbonyl (C=O) groups excluding carboxylic acids is 1. The van der Waals surface area contributed by atoms with E-state index in [4.69, 9.17) is 5.73 Å². The Balaban J connectivity index is 2.55. The molecule has 94 valence electrons. The molecule has 0 aromatic heterocycles. The second-order valence-electron chi connectivity index (χ2n) is 3.96. The SMILES string of the molecule is CCN(CC)C(=O)CCc1ccc(O)c(N)c1. The third-order valence-electron chi connectivity index (χ3n) is 2.84. The molecule has 1 aromatic carbocycles. The van der Waals surface area contributed by atoms with E-state index in [9.17, 15) is 9.90 Å². The van der Waals surface area contributed by atoms with Crippen LogP contribution in [-0.4, -0.2) is 29.0 Å². The number of nitrogen functional groups attached to an aromatic ring is 1. The highest BCUT2D eigenvalue weighted by atomic mass is 16.3. The molecule has 0 saturated carbocycles. The van der Waals surface area contributed by atoms with Crippen molar-refractivity contribution >= 4 is 11.6 Å². The van der Waals surface area contributed by atoms with Crippen molar-refractivity contribution in [2.24, 2.45) is 0 Å². The lowest BCUT2D eigenvalue weighted by molar-refractivity contribution is -0.130. The predicted octanol–water partition coefficient (Wildman–Crippen LogP) is 1.78. The number of nitrogens with two attached hydrogens (primary N) is 1. The van der Waals surface area contributed by atoms with E-state index in [0.29, 0.717) is 18.5 Å². The molecule has 0 aliphatic heterocycles. The summed E-state index contributed by atoms with van der Waals surface area (Å²) < 4.78 is 0. The van der Waals surface area contributed by atoms with Gasteiger partial charge in [-0.2, -0.15) is 0 Å². The summed E-state index contributed by atoms with van der Waals surface area (Å²) in [6.45, 7) is 5.43. The summed E-state index contributed by atoms with van der Waals surface area (Å²) in [6, 6.07) is 5.07. The largest absolute Gasteiger partial charge is 0.506 e. The van der Waals surface area contributed by atoms with Crippen LogP contribution in [0, 0.1) is 0 Å². The molecule has 4 heteroatoms. The van der Waals surface area contributed by atoms with Gasteiger partial charge in [0.2, 0.25) is 5.91 Å². The zero-order chi connectivity index (χ0) is 12.8. The molecular formula is C13H20N2O2. The van der Waals surface area contributed by atoms with E-state index in [2.05, 4.69) is 0 Å². The van der Waals surface area contributed by atoms with Gasteiger partial charge in [0.1, 0.15) is 5.75 Å². The first-order valence-electron chi connectivity index (χ1n) is 5.93. The minimum Gasteiger partial charge on any atom is -0.506 e. The number of hydrogen-bond donors (Lipinski definition) is 2. The molecule has 0 saturated heterocycles. The fourth-order valence-electron chi connectivity index (χ4n) is 1.75. The first-order chi connectivity index (χ1) is 8.08. The van der Waals surface area contributed by atoms with Crippen molar-refractivity contribution in [2.45, 2.75) is 26.7 Å². The molecule has 17 heavy (non-hydrogen) atoms. The normalized spacial score (nSPS) is 10.2. The first-order valence-corrected chi connectivity index (χ1v) is 5.93. The summed E-state index contributed by atoms with van der Waals surface area (Å²) in [5.41, 5.74) is 6.93. The number of phenolic OH excluding ortho intramolecular Hbond substituents is 1. The molecule has 0 atom stereocenters. The van der Waals surface area contributed by atoms with Crippen LogP contribution in [0.25, 0.3) is 0 Å². The van der Waals surface area contributed by atoms with E-state index in [-0.39, 0.29) is 11.7 Å². The van der Waals surface area contributed by atoms with Gasteiger partial charge in [0, 0.05) is 19.5 Å². The summed E-state index contributed by atoms with van der Waals surface area (Å²) in [6.07, 6.45) is 1.13. The van der Waals surface area contributed by atoms with Gasteiger partial charge in [-0.05, 0) is 38.0 Å². The van der Waals surface area contributed by atoms with Gasteiger partial charge in [-0.1, -0.05) is 6.07 Å². The molecule has 0 aliphatic carbocycles. The number of aryl methyl sites for hydroxylation is 1. The summed E-state index contributed by atoms with van der Waals surface area (Å²) >= 11 is 0. The third-order valence-corrected chi connectivity index (χ3v) is 2.84. The fraction of sp³-hybridized carbons (Fsp3) is 0.462. The van der Waals surface area contributed by atoms with Gasteiger partial charge in [0.05, 0.1) is 5.69 Å². The average Bonchev–Trinajstić information content (AvgIpc) is 2.32. The van der Waals surface area contributed by atoms with Crippen molar-refractivity contribution in [3.05, 3.63) is 23.8 Å². The number of benzene rings is 1. The van der Waals surface area contributed by atoms with Gasteiger partial charge in [0.25, 0.3) is 0 Å². The molecule has 0 unspecified atom stereocenters. The van der Waals surface area contributed by atoms with Crippen LogP contribution >= 0.6 is 0 Å². The monoisotopic (exact) mass is 236 g/mol. The maximum Gasteiger partial charge on any atom is 0.222 e. The van der Waals surface area contributed by atoms with Crippen LogP contribution < -0.4 is 5.73 Å². The Kier molecular flexibility index (Phi) is 4.82. The van der Waals surface area contributed by atoms with E-state index in [1.807, 2.05) is 18.7 Å². The van der Waals surface area contributed by atoms with Gasteiger partial charge in [0.15, 0.2) is 0 Å². The fourth-order valence-corrected chi connectivity index (χ4v) is 1.75. The van der Waals surface area contributed by atoms with E-state index < -0.39 is 0 Å². The van der Waals surface area contributed by atoms with E-state index in [0.717, 1.165) is 18.7 Å². The van der Waals surface area contributed by atoms with Gasteiger partial charge in [-0.3, -0.25) is 4.79 Å². The maximum absolute atomic E-state index is 11.8. The first kappa shape index (κ1) is 13.4. The van der Waals surface area contributed by atoms with Crippen molar-refractivity contribution in [2.75, 3.05) is 18.8 Å². The molecule has 0 fully saturated rings. The predicted molar refractivity (Wildman–Crippen MR) is 68.8 cm³/mol. The molecule has 4 nitrogen and oxygen atoms in total. The zero-order valence-electron chi connectivity index (χ0n) is 10.4. The lowest BCUT2D eigenvalue weighted by atomic mass is 10.1. The summed E-state index contributed by atoms with van der Waals surface area (Å²) in [7, 11) is 0. The van der Waals surface area contributed by atoms with Gasteiger partial charge in [-0.15, -0.1) is 0 Å². The van der Waals surface area contributed by atoms with Gasteiger partial charge in [-0.25, -0.2) is 0 Å². The van der Waals surface area contributed by atoms with Crippen molar-refractivity contribution in [1.82, 2.24) is 4.90 Å².